The van der Waals surface area contributed by atoms with Crippen molar-refractivity contribution in [1.82, 2.24) is 5.32 Å². The van der Waals surface area contributed by atoms with Crippen LogP contribution in [0.2, 0.25) is 5.02 Å². The van der Waals surface area contributed by atoms with Crippen LogP contribution in [0.4, 0.5) is 0 Å². The predicted molar refractivity (Wildman–Crippen MR) is 145 cm³/mol. The Bertz CT molecular complexity index is 1320. The molecule has 6 nitrogen and oxygen atoms in total. The Kier molecular flexibility index (Phi) is 10.7. The van der Waals surface area contributed by atoms with Gasteiger partial charge in [-0.05, 0) is 73.4 Å². The van der Waals surface area contributed by atoms with Crippen LogP contribution in [-0.4, -0.2) is 37.2 Å². The number of rotatable bonds is 10. The van der Waals surface area contributed by atoms with Gasteiger partial charge in [0.05, 0.1) is 15.9 Å². The smallest absolute Gasteiger partial charge is 0.328 e. The molecule has 36 heavy (non-hydrogen) atoms. The molecule has 3 aromatic rings. The lowest BCUT2D eigenvalue weighted by Gasteiger charge is -2.18. The van der Waals surface area contributed by atoms with Crippen molar-refractivity contribution >= 4 is 45.9 Å². The summed E-state index contributed by atoms with van der Waals surface area (Å²) >= 11 is 5.99. The summed E-state index contributed by atoms with van der Waals surface area (Å²) in [6.07, 6.45) is 2.17. The normalized spacial score (nSPS) is 13.2. The van der Waals surface area contributed by atoms with E-state index in [9.17, 15) is 18.3 Å². The van der Waals surface area contributed by atoms with Crippen molar-refractivity contribution in [3.05, 3.63) is 100 Å². The number of aliphatic hydroxyl groups is 1. The standard InChI is InChI=1S/C27H28ClNO5S.ClH/c1-18-6-12-26(22(14-18)9-13-27(31)32)35(33,34)24-10-7-20(8-11-24)15-19(2)29-17-25(30)21-4-3-5-23(28)16-21;/h3-14,16,19,25,29-30H,15,17H2,1-2H3,(H,31,32);1H/b13-9-;/t19-,25+;/m1./s1. The van der Waals surface area contributed by atoms with E-state index < -0.39 is 21.9 Å². The lowest BCUT2D eigenvalue weighted by molar-refractivity contribution is -0.131. The highest BCUT2D eigenvalue weighted by atomic mass is 35.5. The number of carboxylic acid groups (broad SMARTS) is 1. The third-order valence-corrected chi connectivity index (χ3v) is 7.61. The molecule has 0 amide bonds. The van der Waals surface area contributed by atoms with Crippen molar-refractivity contribution in [1.29, 1.82) is 0 Å². The van der Waals surface area contributed by atoms with E-state index in [1.54, 1.807) is 54.6 Å². The van der Waals surface area contributed by atoms with Crippen LogP contribution in [0, 0.1) is 6.92 Å². The fourth-order valence-electron chi connectivity index (χ4n) is 3.71. The molecule has 0 fully saturated rings. The SMILES string of the molecule is Cc1ccc(S(=O)(=O)c2ccc(C[C@@H](C)NC[C@H](O)c3cccc(Cl)c3)cc2)c(/C=C\C(=O)O)c1.Cl. The first kappa shape index (κ1) is 29.5. The minimum atomic E-state index is -3.84. The minimum Gasteiger partial charge on any atom is -0.478 e. The molecule has 3 rings (SSSR count). The van der Waals surface area contributed by atoms with Crippen LogP contribution in [-0.2, 0) is 21.1 Å². The van der Waals surface area contributed by atoms with Crippen molar-refractivity contribution < 1.29 is 23.4 Å². The number of carboxylic acids is 1. The Labute approximate surface area is 223 Å². The molecule has 3 N–H and O–H groups in total. The highest BCUT2D eigenvalue weighted by molar-refractivity contribution is 7.91. The van der Waals surface area contributed by atoms with Crippen LogP contribution in [0.25, 0.3) is 6.08 Å². The molecule has 0 saturated heterocycles. The molecule has 0 spiro atoms. The van der Waals surface area contributed by atoms with Crippen molar-refractivity contribution in [2.45, 2.75) is 42.2 Å². The second kappa shape index (κ2) is 13.0. The summed E-state index contributed by atoms with van der Waals surface area (Å²) in [6, 6.07) is 18.6. The molecule has 0 bridgehead atoms. The van der Waals surface area contributed by atoms with E-state index >= 15 is 0 Å². The number of halogens is 2. The molecule has 192 valence electrons. The average Bonchev–Trinajstić information content (AvgIpc) is 2.81. The van der Waals surface area contributed by atoms with E-state index in [0.29, 0.717) is 23.6 Å². The van der Waals surface area contributed by atoms with E-state index in [0.717, 1.165) is 22.8 Å². The van der Waals surface area contributed by atoms with Gasteiger partial charge >= 0.3 is 5.97 Å². The first-order chi connectivity index (χ1) is 16.6. The number of benzene rings is 3. The molecule has 2 atom stereocenters. The summed E-state index contributed by atoms with van der Waals surface area (Å²) in [5, 5.41) is 23.2. The summed E-state index contributed by atoms with van der Waals surface area (Å²) in [7, 11) is -3.84. The Morgan fingerprint density at radius 3 is 2.42 bits per heavy atom. The number of carbonyl (C=O) groups is 1. The van der Waals surface area contributed by atoms with Gasteiger partial charge in [0.15, 0.2) is 0 Å². The molecule has 0 aliphatic heterocycles. The Hall–Kier alpha value is -2.68. The topological polar surface area (TPSA) is 104 Å². The maximum Gasteiger partial charge on any atom is 0.328 e. The number of hydrogen-bond acceptors (Lipinski definition) is 5. The van der Waals surface area contributed by atoms with Gasteiger partial charge < -0.3 is 15.5 Å². The van der Waals surface area contributed by atoms with Gasteiger partial charge in [-0.25, -0.2) is 13.2 Å². The summed E-state index contributed by atoms with van der Waals surface area (Å²) in [5.74, 6) is -1.15. The number of hydrogen-bond donors (Lipinski definition) is 3. The molecule has 0 heterocycles. The van der Waals surface area contributed by atoms with Gasteiger partial charge in [-0.15, -0.1) is 12.4 Å². The summed E-state index contributed by atoms with van der Waals surface area (Å²) in [5.41, 5.74) is 2.83. The third-order valence-electron chi connectivity index (χ3n) is 5.53. The highest BCUT2D eigenvalue weighted by Gasteiger charge is 2.21. The Morgan fingerprint density at radius 1 is 1.08 bits per heavy atom. The monoisotopic (exact) mass is 549 g/mol. The maximum atomic E-state index is 13.2. The lowest BCUT2D eigenvalue weighted by atomic mass is 10.1. The van der Waals surface area contributed by atoms with E-state index in [-0.39, 0.29) is 28.2 Å². The molecule has 0 radical (unpaired) electrons. The van der Waals surface area contributed by atoms with Gasteiger partial charge in [0.2, 0.25) is 9.84 Å². The maximum absolute atomic E-state index is 13.2. The summed E-state index contributed by atoms with van der Waals surface area (Å²) in [4.78, 5) is 11.1. The van der Waals surface area contributed by atoms with Crippen LogP contribution >= 0.6 is 24.0 Å². The van der Waals surface area contributed by atoms with Crippen LogP contribution in [0.15, 0.2) is 82.6 Å². The van der Waals surface area contributed by atoms with E-state index in [1.165, 1.54) is 12.1 Å². The number of nitrogens with one attached hydrogen (secondary N) is 1. The quantitative estimate of drug-likeness (QED) is 0.298. The van der Waals surface area contributed by atoms with Crippen LogP contribution < -0.4 is 5.32 Å². The predicted octanol–water partition coefficient (Wildman–Crippen LogP) is 5.26. The summed E-state index contributed by atoms with van der Waals surface area (Å²) < 4.78 is 26.5. The fourth-order valence-corrected chi connectivity index (χ4v) is 5.34. The van der Waals surface area contributed by atoms with E-state index in [2.05, 4.69) is 5.32 Å². The van der Waals surface area contributed by atoms with Gasteiger partial charge in [-0.3, -0.25) is 0 Å². The molecule has 9 heteroatoms. The molecule has 0 saturated carbocycles. The lowest BCUT2D eigenvalue weighted by Crippen LogP contribution is -2.32. The molecule has 3 aromatic carbocycles. The van der Waals surface area contributed by atoms with Crippen LogP contribution in [0.3, 0.4) is 0 Å². The first-order valence-electron chi connectivity index (χ1n) is 11.1. The summed E-state index contributed by atoms with van der Waals surface area (Å²) in [6.45, 7) is 4.16. The van der Waals surface area contributed by atoms with Gasteiger partial charge in [0.25, 0.3) is 0 Å². The van der Waals surface area contributed by atoms with Crippen LogP contribution in [0.1, 0.15) is 35.3 Å². The van der Waals surface area contributed by atoms with E-state index in [4.69, 9.17) is 16.7 Å². The molecule has 0 aliphatic rings. The molecular weight excluding hydrogens is 521 g/mol. The fraction of sp³-hybridized carbons (Fsp3) is 0.222. The number of aryl methyl sites for hydroxylation is 1. The second-order valence-corrected chi connectivity index (χ2v) is 10.8. The van der Waals surface area contributed by atoms with Gasteiger partial charge in [-0.1, -0.05) is 53.6 Å². The molecule has 0 aliphatic carbocycles. The van der Waals surface area contributed by atoms with Gasteiger partial charge in [0.1, 0.15) is 0 Å². The third kappa shape index (κ3) is 7.91. The molecule has 0 unspecified atom stereocenters. The first-order valence-corrected chi connectivity index (χ1v) is 12.9. The van der Waals surface area contributed by atoms with Crippen molar-refractivity contribution in [2.24, 2.45) is 0 Å². The molecule has 0 aromatic heterocycles. The molecular formula is C27H29Cl2NO5S. The highest BCUT2D eigenvalue weighted by Crippen LogP contribution is 2.26. The zero-order valence-electron chi connectivity index (χ0n) is 19.9. The van der Waals surface area contributed by atoms with Crippen molar-refractivity contribution in [2.75, 3.05) is 6.54 Å². The largest absolute Gasteiger partial charge is 0.478 e. The average molecular weight is 551 g/mol. The van der Waals surface area contributed by atoms with Gasteiger partial charge in [-0.2, -0.15) is 0 Å². The van der Waals surface area contributed by atoms with Gasteiger partial charge in [0, 0.05) is 23.7 Å². The van der Waals surface area contributed by atoms with E-state index in [1.807, 2.05) is 19.9 Å². The van der Waals surface area contributed by atoms with Crippen LogP contribution in [0.5, 0.6) is 0 Å². The number of aliphatic hydroxyl groups excluding tert-OH is 1. The van der Waals surface area contributed by atoms with Crippen molar-refractivity contribution in [3.8, 4) is 0 Å². The zero-order chi connectivity index (χ0) is 25.6. The Morgan fingerprint density at radius 2 is 1.78 bits per heavy atom. The number of sulfone groups is 1. The minimum absolute atomic E-state index is 0. The second-order valence-electron chi connectivity index (χ2n) is 8.44. The zero-order valence-corrected chi connectivity index (χ0v) is 22.3. The Balaban J connectivity index is 0.00000456. The number of aliphatic carboxylic acids is 1. The van der Waals surface area contributed by atoms with Crippen molar-refractivity contribution in [3.63, 3.8) is 0 Å².